The van der Waals surface area contributed by atoms with Gasteiger partial charge in [0.2, 0.25) is 0 Å². The molecule has 0 spiro atoms. The Kier molecular flexibility index (Phi) is 5.52. The summed E-state index contributed by atoms with van der Waals surface area (Å²) in [6.07, 6.45) is 0. The van der Waals surface area contributed by atoms with Crippen molar-refractivity contribution < 1.29 is 10.0 Å². The van der Waals surface area contributed by atoms with Gasteiger partial charge in [-0.05, 0) is 31.2 Å². The van der Waals surface area contributed by atoms with Crippen LogP contribution < -0.4 is 0 Å². The second-order valence-corrected chi connectivity index (χ2v) is 6.71. The summed E-state index contributed by atoms with van der Waals surface area (Å²) in [6.45, 7) is 2.65. The highest BCUT2D eigenvalue weighted by Crippen LogP contribution is 2.36. The van der Waals surface area contributed by atoms with Gasteiger partial charge in [-0.3, -0.25) is 15.0 Å². The Morgan fingerprint density at radius 3 is 2.33 bits per heavy atom. The van der Waals surface area contributed by atoms with Gasteiger partial charge in [-0.2, -0.15) is 0 Å². The summed E-state index contributed by atoms with van der Waals surface area (Å²) in [4.78, 5) is 12.9. The van der Waals surface area contributed by atoms with Crippen LogP contribution in [0.5, 0.6) is 5.75 Å². The number of nitro benzene ring substituents is 1. The van der Waals surface area contributed by atoms with Crippen molar-refractivity contribution in [2.45, 2.75) is 19.5 Å². The van der Waals surface area contributed by atoms with Crippen molar-refractivity contribution in [1.82, 2.24) is 4.90 Å². The van der Waals surface area contributed by atoms with Crippen molar-refractivity contribution in [3.05, 3.63) is 105 Å². The van der Waals surface area contributed by atoms with E-state index in [9.17, 15) is 15.2 Å². The van der Waals surface area contributed by atoms with E-state index in [2.05, 4.69) is 4.90 Å². The van der Waals surface area contributed by atoms with Crippen LogP contribution in [-0.2, 0) is 6.54 Å². The Hall–Kier alpha value is -3.18. The first-order valence-corrected chi connectivity index (χ1v) is 8.73. The first kappa shape index (κ1) is 18.6. The van der Waals surface area contributed by atoms with Crippen LogP contribution in [0, 0.1) is 17.0 Å². The third-order valence-corrected chi connectivity index (χ3v) is 4.63. The number of nitro groups is 1. The molecule has 0 fully saturated rings. The zero-order valence-corrected chi connectivity index (χ0v) is 15.4. The highest BCUT2D eigenvalue weighted by atomic mass is 16.6. The van der Waals surface area contributed by atoms with Crippen LogP contribution in [0.3, 0.4) is 0 Å². The number of phenols is 1. The van der Waals surface area contributed by atoms with Crippen LogP contribution in [0.2, 0.25) is 0 Å². The van der Waals surface area contributed by atoms with E-state index in [4.69, 9.17) is 0 Å². The molecule has 0 bridgehead atoms. The van der Waals surface area contributed by atoms with Crippen LogP contribution >= 0.6 is 0 Å². The molecule has 0 radical (unpaired) electrons. The van der Waals surface area contributed by atoms with Crippen molar-refractivity contribution in [1.29, 1.82) is 0 Å². The number of benzene rings is 3. The topological polar surface area (TPSA) is 66.6 Å². The molecule has 1 unspecified atom stereocenters. The minimum absolute atomic E-state index is 0.0342. The quantitative estimate of drug-likeness (QED) is 0.504. The van der Waals surface area contributed by atoms with Gasteiger partial charge < -0.3 is 5.11 Å². The van der Waals surface area contributed by atoms with Gasteiger partial charge in [0.1, 0.15) is 5.75 Å². The second kappa shape index (κ2) is 8.01. The SMILES string of the molecule is Cc1ccc(C(c2cc([N+](=O)[O-])ccc2O)N(C)Cc2ccccc2)cc1. The Morgan fingerprint density at radius 1 is 1.04 bits per heavy atom. The van der Waals surface area contributed by atoms with Gasteiger partial charge in [0, 0.05) is 24.2 Å². The van der Waals surface area contributed by atoms with Gasteiger partial charge in [-0.25, -0.2) is 0 Å². The zero-order valence-electron chi connectivity index (χ0n) is 15.4. The van der Waals surface area contributed by atoms with E-state index in [1.807, 2.05) is 68.6 Å². The minimum Gasteiger partial charge on any atom is -0.508 e. The third kappa shape index (κ3) is 4.33. The largest absolute Gasteiger partial charge is 0.508 e. The minimum atomic E-state index is -0.438. The number of hydrogen-bond acceptors (Lipinski definition) is 4. The summed E-state index contributed by atoms with van der Waals surface area (Å²) in [5.74, 6) is 0.0473. The zero-order chi connectivity index (χ0) is 19.4. The fourth-order valence-electron chi connectivity index (χ4n) is 3.26. The lowest BCUT2D eigenvalue weighted by molar-refractivity contribution is -0.385. The van der Waals surface area contributed by atoms with Crippen molar-refractivity contribution in [3.63, 3.8) is 0 Å². The predicted octanol–water partition coefficient (Wildman–Crippen LogP) is 4.83. The molecule has 1 N–H and O–H groups in total. The highest BCUT2D eigenvalue weighted by molar-refractivity contribution is 5.48. The van der Waals surface area contributed by atoms with Gasteiger partial charge in [0.25, 0.3) is 5.69 Å². The normalized spacial score (nSPS) is 12.1. The lowest BCUT2D eigenvalue weighted by Gasteiger charge is -2.29. The molecule has 5 heteroatoms. The average Bonchev–Trinajstić information content (AvgIpc) is 2.65. The van der Waals surface area contributed by atoms with Crippen LogP contribution in [0.4, 0.5) is 5.69 Å². The molecule has 0 saturated heterocycles. The Balaban J connectivity index is 2.06. The van der Waals surface area contributed by atoms with Crippen molar-refractivity contribution in [2.75, 3.05) is 7.05 Å². The molecule has 0 aliphatic heterocycles. The number of non-ortho nitro benzene ring substituents is 1. The van der Waals surface area contributed by atoms with Crippen molar-refractivity contribution in [3.8, 4) is 5.75 Å². The first-order valence-electron chi connectivity index (χ1n) is 8.73. The number of rotatable bonds is 6. The van der Waals surface area contributed by atoms with E-state index >= 15 is 0 Å². The summed E-state index contributed by atoms with van der Waals surface area (Å²) in [7, 11) is 1.95. The molecule has 0 aliphatic rings. The Bertz CT molecular complexity index is 924. The Labute approximate surface area is 158 Å². The molecule has 0 aliphatic carbocycles. The van der Waals surface area contributed by atoms with E-state index in [1.165, 1.54) is 18.2 Å². The van der Waals surface area contributed by atoms with Gasteiger partial charge in [0.05, 0.1) is 11.0 Å². The maximum atomic E-state index is 11.2. The summed E-state index contributed by atoms with van der Waals surface area (Å²) >= 11 is 0. The van der Waals surface area contributed by atoms with Gasteiger partial charge in [-0.15, -0.1) is 0 Å². The molecule has 1 atom stereocenters. The average molecular weight is 362 g/mol. The number of hydrogen-bond donors (Lipinski definition) is 1. The molecule has 138 valence electrons. The van der Waals surface area contributed by atoms with Gasteiger partial charge >= 0.3 is 0 Å². The van der Waals surface area contributed by atoms with Crippen LogP contribution in [0.15, 0.2) is 72.8 Å². The molecule has 27 heavy (non-hydrogen) atoms. The lowest BCUT2D eigenvalue weighted by atomic mass is 9.95. The molecule has 3 aromatic carbocycles. The fraction of sp³-hybridized carbons (Fsp3) is 0.182. The maximum absolute atomic E-state index is 11.2. The van der Waals surface area contributed by atoms with E-state index in [0.717, 1.165) is 16.7 Å². The third-order valence-electron chi connectivity index (χ3n) is 4.63. The molecular weight excluding hydrogens is 340 g/mol. The molecule has 0 amide bonds. The predicted molar refractivity (Wildman–Crippen MR) is 106 cm³/mol. The highest BCUT2D eigenvalue weighted by Gasteiger charge is 2.24. The summed E-state index contributed by atoms with van der Waals surface area (Å²) in [6, 6.07) is 21.9. The lowest BCUT2D eigenvalue weighted by Crippen LogP contribution is -2.25. The molecule has 3 aromatic rings. The van der Waals surface area contributed by atoms with E-state index in [0.29, 0.717) is 12.1 Å². The van der Waals surface area contributed by atoms with Crippen molar-refractivity contribution in [2.24, 2.45) is 0 Å². The van der Waals surface area contributed by atoms with Crippen LogP contribution in [0.1, 0.15) is 28.3 Å². The van der Waals surface area contributed by atoms with E-state index in [-0.39, 0.29) is 17.5 Å². The number of aromatic hydroxyl groups is 1. The fourth-order valence-corrected chi connectivity index (χ4v) is 3.26. The number of aryl methyl sites for hydroxylation is 1. The number of nitrogens with zero attached hydrogens (tertiary/aromatic N) is 2. The molecule has 3 rings (SSSR count). The first-order chi connectivity index (χ1) is 13.0. The van der Waals surface area contributed by atoms with Crippen LogP contribution in [-0.4, -0.2) is 22.0 Å². The van der Waals surface area contributed by atoms with E-state index < -0.39 is 4.92 Å². The summed E-state index contributed by atoms with van der Waals surface area (Å²) < 4.78 is 0. The monoisotopic (exact) mass is 362 g/mol. The number of phenolic OH excluding ortho intramolecular Hbond substituents is 1. The maximum Gasteiger partial charge on any atom is 0.270 e. The van der Waals surface area contributed by atoms with Crippen LogP contribution in [0.25, 0.3) is 0 Å². The van der Waals surface area contributed by atoms with Gasteiger partial charge in [0.15, 0.2) is 0 Å². The summed E-state index contributed by atoms with van der Waals surface area (Å²) in [5, 5.41) is 21.7. The van der Waals surface area contributed by atoms with Gasteiger partial charge in [-0.1, -0.05) is 60.2 Å². The molecular formula is C22H22N2O3. The molecule has 0 heterocycles. The molecule has 0 aromatic heterocycles. The standard InChI is InChI=1S/C22H22N2O3/c1-16-8-10-18(11-9-16)22(23(2)15-17-6-4-3-5-7-17)20-14-19(24(26)27)12-13-21(20)25/h3-14,22,25H,15H2,1-2H3. The Morgan fingerprint density at radius 2 is 1.70 bits per heavy atom. The smallest absolute Gasteiger partial charge is 0.270 e. The summed E-state index contributed by atoms with van der Waals surface area (Å²) in [5.41, 5.74) is 3.71. The second-order valence-electron chi connectivity index (χ2n) is 6.71. The van der Waals surface area contributed by atoms with E-state index in [1.54, 1.807) is 0 Å². The molecule has 0 saturated carbocycles. The van der Waals surface area contributed by atoms with Crippen molar-refractivity contribution >= 4 is 5.69 Å². The molecule has 5 nitrogen and oxygen atoms in total.